The van der Waals surface area contributed by atoms with Crippen LogP contribution in [0.2, 0.25) is 0 Å². The number of methoxy groups -OCH3 is 1. The Kier molecular flexibility index (Phi) is 5.90. The zero-order valence-corrected chi connectivity index (χ0v) is 18.0. The Hall–Kier alpha value is -3.39. The monoisotopic (exact) mass is 441 g/mol. The molecular weight excluding hydrogens is 420 g/mol. The zero-order chi connectivity index (χ0) is 22.0. The summed E-state index contributed by atoms with van der Waals surface area (Å²) < 4.78 is 36.7. The number of nitrogens with one attached hydrogen (secondary N) is 1. The first-order valence-corrected chi connectivity index (χ1v) is 10.4. The van der Waals surface area contributed by atoms with Crippen molar-refractivity contribution in [1.82, 2.24) is 9.55 Å². The van der Waals surface area contributed by atoms with Crippen LogP contribution in [0.25, 0.3) is 16.9 Å². The van der Waals surface area contributed by atoms with Gasteiger partial charge in [-0.2, -0.15) is 8.78 Å². The van der Waals surface area contributed by atoms with E-state index in [-0.39, 0.29) is 5.75 Å². The fourth-order valence-corrected chi connectivity index (χ4v) is 4.24. The van der Waals surface area contributed by atoms with Crippen molar-refractivity contribution in [2.45, 2.75) is 20.5 Å². The van der Waals surface area contributed by atoms with E-state index in [0.29, 0.717) is 0 Å². The number of ether oxygens (including phenoxy) is 2. The third kappa shape index (κ3) is 4.39. The molecule has 0 aliphatic rings. The normalized spacial score (nSPS) is 11.0. The Morgan fingerprint density at radius 2 is 1.81 bits per heavy atom. The van der Waals surface area contributed by atoms with E-state index in [9.17, 15) is 8.78 Å². The number of nitrogens with zero attached hydrogens (tertiary/aromatic N) is 2. The van der Waals surface area contributed by atoms with Crippen LogP contribution in [0.15, 0.2) is 60.0 Å². The van der Waals surface area contributed by atoms with Crippen LogP contribution in [-0.4, -0.2) is 23.3 Å². The molecule has 0 spiro atoms. The molecule has 4 rings (SSSR count). The smallest absolute Gasteiger partial charge is 0.387 e. The highest BCUT2D eigenvalue weighted by Crippen LogP contribution is 2.34. The number of halogens is 2. The van der Waals surface area contributed by atoms with Gasteiger partial charge in [0.25, 0.3) is 0 Å². The zero-order valence-electron chi connectivity index (χ0n) is 17.2. The second-order valence-electron chi connectivity index (χ2n) is 6.86. The predicted molar refractivity (Wildman–Crippen MR) is 119 cm³/mol. The Labute approximate surface area is 182 Å². The molecule has 0 aliphatic carbocycles. The number of aryl methyl sites for hydroxylation is 1. The molecule has 0 amide bonds. The van der Waals surface area contributed by atoms with Crippen LogP contribution in [0.1, 0.15) is 11.4 Å². The molecule has 0 atom stereocenters. The summed E-state index contributed by atoms with van der Waals surface area (Å²) in [5, 5.41) is 6.07. The fraction of sp³-hybridized carbons (Fsp3) is 0.174. The van der Waals surface area contributed by atoms with E-state index in [0.717, 1.165) is 44.9 Å². The molecule has 2 heterocycles. The number of hydrogen-bond donors (Lipinski definition) is 1. The molecule has 0 saturated heterocycles. The van der Waals surface area contributed by atoms with Crippen molar-refractivity contribution in [1.29, 1.82) is 0 Å². The molecule has 4 aromatic rings. The molecule has 0 fully saturated rings. The lowest BCUT2D eigenvalue weighted by Gasteiger charge is -2.11. The number of anilines is 2. The molecule has 160 valence electrons. The van der Waals surface area contributed by atoms with Gasteiger partial charge in [-0.25, -0.2) is 4.98 Å². The number of hydrogen-bond acceptors (Lipinski definition) is 5. The minimum Gasteiger partial charge on any atom is -0.495 e. The van der Waals surface area contributed by atoms with Crippen LogP contribution in [0, 0.1) is 13.8 Å². The molecule has 5 nitrogen and oxygen atoms in total. The second-order valence-corrected chi connectivity index (χ2v) is 7.71. The summed E-state index contributed by atoms with van der Waals surface area (Å²) in [5.74, 6) is 0.879. The van der Waals surface area contributed by atoms with E-state index in [2.05, 4.69) is 20.7 Å². The molecule has 31 heavy (non-hydrogen) atoms. The van der Waals surface area contributed by atoms with E-state index < -0.39 is 6.61 Å². The van der Waals surface area contributed by atoms with Crippen molar-refractivity contribution >= 4 is 22.2 Å². The lowest BCUT2D eigenvalue weighted by atomic mass is 10.2. The molecule has 8 heteroatoms. The SMILES string of the molecule is COc1ccccc1Nc1nc(-c2cc(C)n(-c3ccc(OC(F)F)cc3)c2C)cs1. The highest BCUT2D eigenvalue weighted by molar-refractivity contribution is 7.14. The highest BCUT2D eigenvalue weighted by Gasteiger charge is 2.16. The maximum absolute atomic E-state index is 12.4. The molecule has 0 unspecified atom stereocenters. The van der Waals surface area contributed by atoms with Gasteiger partial charge in [-0.3, -0.25) is 0 Å². The summed E-state index contributed by atoms with van der Waals surface area (Å²) in [6.45, 7) is 1.18. The maximum atomic E-state index is 12.4. The first-order chi connectivity index (χ1) is 15.0. The standard InChI is InChI=1S/C23H21F2N3O2S/c1-14-12-18(15(2)28(14)16-8-10-17(11-9-16)30-22(24)25)20-13-31-23(27-20)26-19-6-4-5-7-21(19)29-3/h4-13,22H,1-3H3,(H,26,27). The third-order valence-corrected chi connectivity index (χ3v) is 5.64. The third-order valence-electron chi connectivity index (χ3n) is 4.88. The van der Waals surface area contributed by atoms with Gasteiger partial charge < -0.3 is 19.4 Å². The number of benzene rings is 2. The van der Waals surface area contributed by atoms with Crippen molar-refractivity contribution in [3.8, 4) is 28.4 Å². The summed E-state index contributed by atoms with van der Waals surface area (Å²) in [6.07, 6.45) is 0. The van der Waals surface area contributed by atoms with E-state index >= 15 is 0 Å². The van der Waals surface area contributed by atoms with E-state index in [1.54, 1.807) is 19.2 Å². The van der Waals surface area contributed by atoms with Crippen LogP contribution in [-0.2, 0) is 0 Å². The van der Waals surface area contributed by atoms with Crippen molar-refractivity contribution < 1.29 is 18.3 Å². The second kappa shape index (κ2) is 8.77. The van der Waals surface area contributed by atoms with Gasteiger partial charge in [0.05, 0.1) is 18.5 Å². The molecule has 0 aliphatic heterocycles. The highest BCUT2D eigenvalue weighted by atomic mass is 32.1. The molecule has 2 aromatic heterocycles. The maximum Gasteiger partial charge on any atom is 0.387 e. The fourth-order valence-electron chi connectivity index (χ4n) is 3.51. The van der Waals surface area contributed by atoms with Crippen LogP contribution < -0.4 is 14.8 Å². The Bertz CT molecular complexity index is 1190. The van der Waals surface area contributed by atoms with E-state index in [1.807, 2.05) is 43.5 Å². The van der Waals surface area contributed by atoms with Gasteiger partial charge in [-0.15, -0.1) is 11.3 Å². The topological polar surface area (TPSA) is 48.3 Å². The van der Waals surface area contributed by atoms with Gasteiger partial charge in [-0.1, -0.05) is 12.1 Å². The number of rotatable bonds is 7. The number of aromatic nitrogens is 2. The lowest BCUT2D eigenvalue weighted by molar-refractivity contribution is -0.0498. The molecular formula is C23H21F2N3O2S. The Morgan fingerprint density at radius 1 is 1.06 bits per heavy atom. The number of thiazole rings is 1. The van der Waals surface area contributed by atoms with Crippen LogP contribution in [0.4, 0.5) is 19.6 Å². The van der Waals surface area contributed by atoms with E-state index in [1.165, 1.54) is 23.5 Å². The summed E-state index contributed by atoms with van der Waals surface area (Å²) in [5.41, 5.74) is 5.61. The molecule has 0 bridgehead atoms. The first kappa shape index (κ1) is 20.9. The average molecular weight is 442 g/mol. The van der Waals surface area contributed by atoms with Gasteiger partial charge >= 0.3 is 6.61 Å². The van der Waals surface area contributed by atoms with Gasteiger partial charge in [0, 0.05) is 28.0 Å². The Balaban J connectivity index is 1.61. The Morgan fingerprint density at radius 3 is 2.52 bits per heavy atom. The van der Waals surface area contributed by atoms with Crippen LogP contribution in [0.5, 0.6) is 11.5 Å². The summed E-state index contributed by atoms with van der Waals surface area (Å²) in [7, 11) is 1.63. The summed E-state index contributed by atoms with van der Waals surface area (Å²) >= 11 is 1.51. The van der Waals surface area contributed by atoms with Crippen molar-refractivity contribution in [3.05, 3.63) is 71.4 Å². The summed E-state index contributed by atoms with van der Waals surface area (Å²) in [6, 6.07) is 16.4. The van der Waals surface area contributed by atoms with Gasteiger partial charge in [0.15, 0.2) is 5.13 Å². The van der Waals surface area contributed by atoms with Gasteiger partial charge in [-0.05, 0) is 56.3 Å². The predicted octanol–water partition coefficient (Wildman–Crippen LogP) is 6.57. The molecule has 2 aromatic carbocycles. The van der Waals surface area contributed by atoms with Crippen molar-refractivity contribution in [3.63, 3.8) is 0 Å². The van der Waals surface area contributed by atoms with E-state index in [4.69, 9.17) is 9.72 Å². The molecule has 0 radical (unpaired) electrons. The molecule has 1 N–H and O–H groups in total. The average Bonchev–Trinajstić information content (AvgIpc) is 3.32. The first-order valence-electron chi connectivity index (χ1n) is 9.56. The van der Waals surface area contributed by atoms with Crippen LogP contribution >= 0.6 is 11.3 Å². The van der Waals surface area contributed by atoms with Crippen LogP contribution in [0.3, 0.4) is 0 Å². The quantitative estimate of drug-likeness (QED) is 0.352. The minimum atomic E-state index is -2.84. The lowest BCUT2D eigenvalue weighted by Crippen LogP contribution is -2.03. The minimum absolute atomic E-state index is 0.132. The van der Waals surface area contributed by atoms with Crippen molar-refractivity contribution in [2.24, 2.45) is 0 Å². The van der Waals surface area contributed by atoms with Gasteiger partial charge in [0.1, 0.15) is 11.5 Å². The number of para-hydroxylation sites is 2. The molecule has 0 saturated carbocycles. The number of alkyl halides is 2. The van der Waals surface area contributed by atoms with Crippen molar-refractivity contribution in [2.75, 3.05) is 12.4 Å². The van der Waals surface area contributed by atoms with Gasteiger partial charge in [0.2, 0.25) is 0 Å². The summed E-state index contributed by atoms with van der Waals surface area (Å²) in [4.78, 5) is 4.74. The largest absolute Gasteiger partial charge is 0.495 e.